The number of hydrogen-bond donors (Lipinski definition) is 1. The zero-order chi connectivity index (χ0) is 11.5. The van der Waals surface area contributed by atoms with Crippen molar-refractivity contribution in [2.24, 2.45) is 0 Å². The second-order valence-corrected chi connectivity index (χ2v) is 3.36. The summed E-state index contributed by atoms with van der Waals surface area (Å²) >= 11 is 0. The molecular formula is C11H15N2O3+. The average molecular weight is 223 g/mol. The van der Waals surface area contributed by atoms with E-state index in [0.717, 1.165) is 17.9 Å². The van der Waals surface area contributed by atoms with Crippen LogP contribution in [0, 0.1) is 0 Å². The van der Waals surface area contributed by atoms with Gasteiger partial charge < -0.3 is 14.3 Å². The summed E-state index contributed by atoms with van der Waals surface area (Å²) in [6.45, 7) is 2.83. The van der Waals surface area contributed by atoms with Gasteiger partial charge in [0, 0.05) is 6.07 Å². The predicted octanol–water partition coefficient (Wildman–Crippen LogP) is 0.967. The van der Waals surface area contributed by atoms with E-state index in [4.69, 9.17) is 14.3 Å². The highest BCUT2D eigenvalue weighted by Crippen LogP contribution is 2.35. The first-order valence-electron chi connectivity index (χ1n) is 5.08. The van der Waals surface area contributed by atoms with Crippen LogP contribution in [0.2, 0.25) is 0 Å². The van der Waals surface area contributed by atoms with Crippen molar-refractivity contribution < 1.29 is 19.0 Å². The molecule has 1 aromatic carbocycles. The van der Waals surface area contributed by atoms with Crippen LogP contribution in [0.25, 0.3) is 0 Å². The van der Waals surface area contributed by atoms with Gasteiger partial charge in [0.2, 0.25) is 12.0 Å². The topological polar surface area (TPSA) is 42.7 Å². The fourth-order valence-electron chi connectivity index (χ4n) is 1.53. The van der Waals surface area contributed by atoms with E-state index in [-0.39, 0.29) is 0 Å². The van der Waals surface area contributed by atoms with Crippen LogP contribution in [0.5, 0.6) is 17.2 Å². The Bertz CT molecular complexity index is 429. The van der Waals surface area contributed by atoms with Crippen LogP contribution < -0.4 is 19.9 Å². The molecule has 1 aromatic rings. The summed E-state index contributed by atoms with van der Waals surface area (Å²) in [5.41, 5.74) is 3.72. The van der Waals surface area contributed by atoms with Crippen molar-refractivity contribution in [2.45, 2.75) is 6.92 Å². The van der Waals surface area contributed by atoms with Gasteiger partial charge in [-0.1, -0.05) is 4.68 Å². The largest absolute Gasteiger partial charge is 0.497 e. The molecule has 0 aromatic heterocycles. The molecule has 0 bridgehead atoms. The first-order chi connectivity index (χ1) is 7.78. The zero-order valence-electron chi connectivity index (χ0n) is 9.61. The summed E-state index contributed by atoms with van der Waals surface area (Å²) in [4.78, 5) is 5.41. The number of rotatable bonds is 3. The lowest BCUT2D eigenvalue weighted by Gasteiger charge is -2.16. The molecule has 0 radical (unpaired) electrons. The summed E-state index contributed by atoms with van der Waals surface area (Å²) in [5.74, 6) is 2.07. The number of nitrogens with one attached hydrogen (secondary N) is 1. The molecule has 86 valence electrons. The number of methoxy groups -OCH3 is 2. The van der Waals surface area contributed by atoms with E-state index in [1.807, 2.05) is 23.9 Å². The van der Waals surface area contributed by atoms with Gasteiger partial charge in [-0.15, -0.1) is 0 Å². The van der Waals surface area contributed by atoms with Crippen LogP contribution in [-0.4, -0.2) is 31.7 Å². The summed E-state index contributed by atoms with van der Waals surface area (Å²) < 4.78 is 12.3. The van der Waals surface area contributed by atoms with Gasteiger partial charge in [0.25, 0.3) is 0 Å². The molecular weight excluding hydrogens is 208 g/mol. The molecule has 2 rings (SSSR count). The SMILES string of the molecule is CC[N+]1=Cc2cc(OC)cc(OC)c2ON1. The lowest BCUT2D eigenvalue weighted by molar-refractivity contribution is -0.626. The summed E-state index contributed by atoms with van der Waals surface area (Å²) in [6, 6.07) is 3.69. The lowest BCUT2D eigenvalue weighted by atomic mass is 10.2. The minimum absolute atomic E-state index is 0.647. The Morgan fingerprint density at radius 1 is 1.31 bits per heavy atom. The maximum Gasteiger partial charge on any atom is 0.216 e. The summed E-state index contributed by atoms with van der Waals surface area (Å²) in [5, 5.41) is 0. The molecule has 0 fully saturated rings. The summed E-state index contributed by atoms with van der Waals surface area (Å²) in [7, 11) is 3.23. The van der Waals surface area contributed by atoms with Gasteiger partial charge in [0.15, 0.2) is 12.3 Å². The van der Waals surface area contributed by atoms with Crippen molar-refractivity contribution in [2.75, 3.05) is 20.8 Å². The number of fused-ring (bicyclic) bond motifs is 1. The van der Waals surface area contributed by atoms with Crippen LogP contribution in [0.15, 0.2) is 12.1 Å². The van der Waals surface area contributed by atoms with E-state index >= 15 is 0 Å². The van der Waals surface area contributed by atoms with Gasteiger partial charge in [0.05, 0.1) is 19.8 Å². The van der Waals surface area contributed by atoms with Crippen LogP contribution in [0.4, 0.5) is 0 Å². The molecule has 0 amide bonds. The molecule has 1 aliphatic heterocycles. The van der Waals surface area contributed by atoms with Crippen molar-refractivity contribution >= 4 is 6.21 Å². The smallest absolute Gasteiger partial charge is 0.216 e. The van der Waals surface area contributed by atoms with E-state index in [1.54, 1.807) is 20.3 Å². The first-order valence-corrected chi connectivity index (χ1v) is 5.08. The average Bonchev–Trinajstić information content (AvgIpc) is 2.36. The Labute approximate surface area is 94.2 Å². The third-order valence-corrected chi connectivity index (χ3v) is 2.41. The van der Waals surface area contributed by atoms with Crippen LogP contribution in [-0.2, 0) is 0 Å². The fourth-order valence-corrected chi connectivity index (χ4v) is 1.53. The van der Waals surface area contributed by atoms with E-state index in [9.17, 15) is 0 Å². The van der Waals surface area contributed by atoms with Crippen LogP contribution in [0.3, 0.4) is 0 Å². The van der Waals surface area contributed by atoms with Gasteiger partial charge in [0.1, 0.15) is 5.75 Å². The van der Waals surface area contributed by atoms with Crippen molar-refractivity contribution in [1.29, 1.82) is 0 Å². The molecule has 0 atom stereocenters. The standard InChI is InChI=1S/C11H15N2O3/c1-4-13-7-8-5-9(14-2)6-10(15-3)11(8)16-12-13/h5-7,12H,4H2,1-3H3/q+1. The predicted molar refractivity (Wildman–Crippen MR) is 59.3 cm³/mol. The van der Waals surface area contributed by atoms with Crippen molar-refractivity contribution in [3.63, 3.8) is 0 Å². The number of nitrogens with zero attached hydrogens (tertiary/aromatic N) is 1. The van der Waals surface area contributed by atoms with Crippen molar-refractivity contribution in [1.82, 2.24) is 5.59 Å². The monoisotopic (exact) mass is 223 g/mol. The van der Waals surface area contributed by atoms with Gasteiger partial charge in [-0.25, -0.2) is 0 Å². The Morgan fingerprint density at radius 3 is 2.75 bits per heavy atom. The van der Waals surface area contributed by atoms with Gasteiger partial charge in [-0.05, 0) is 18.6 Å². The van der Waals surface area contributed by atoms with E-state index in [2.05, 4.69) is 5.59 Å². The molecule has 5 heteroatoms. The second kappa shape index (κ2) is 4.30. The molecule has 16 heavy (non-hydrogen) atoms. The molecule has 0 saturated heterocycles. The number of benzene rings is 1. The maximum atomic E-state index is 5.41. The number of hydrogen-bond acceptors (Lipinski definition) is 4. The molecule has 0 aliphatic carbocycles. The Balaban J connectivity index is 2.50. The third-order valence-electron chi connectivity index (χ3n) is 2.41. The van der Waals surface area contributed by atoms with Crippen LogP contribution in [0.1, 0.15) is 12.5 Å². The van der Waals surface area contributed by atoms with Crippen molar-refractivity contribution in [3.8, 4) is 17.2 Å². The number of hydrazine groups is 1. The molecule has 5 nitrogen and oxygen atoms in total. The number of hydrazone groups is 1. The van der Waals surface area contributed by atoms with Crippen molar-refractivity contribution in [3.05, 3.63) is 17.7 Å². The molecule has 1 heterocycles. The number of ether oxygens (including phenoxy) is 2. The Hall–Kier alpha value is -1.91. The minimum Gasteiger partial charge on any atom is -0.497 e. The summed E-state index contributed by atoms with van der Waals surface area (Å²) in [6.07, 6.45) is 1.95. The van der Waals surface area contributed by atoms with Gasteiger partial charge >= 0.3 is 0 Å². The Kier molecular flexibility index (Phi) is 2.85. The highest BCUT2D eigenvalue weighted by atomic mass is 16.7. The zero-order valence-corrected chi connectivity index (χ0v) is 9.61. The normalized spacial score (nSPS) is 13.1. The molecule has 0 unspecified atom stereocenters. The van der Waals surface area contributed by atoms with Gasteiger partial charge in [-0.3, -0.25) is 0 Å². The van der Waals surface area contributed by atoms with Gasteiger partial charge in [-0.2, -0.15) is 0 Å². The van der Waals surface area contributed by atoms with E-state index < -0.39 is 0 Å². The molecule has 1 aliphatic rings. The highest BCUT2D eigenvalue weighted by Gasteiger charge is 2.21. The van der Waals surface area contributed by atoms with E-state index in [1.165, 1.54) is 0 Å². The maximum absolute atomic E-state index is 5.41. The molecule has 0 spiro atoms. The first kappa shape index (κ1) is 10.6. The molecule has 1 N–H and O–H groups in total. The minimum atomic E-state index is 0.647. The third kappa shape index (κ3) is 1.76. The van der Waals surface area contributed by atoms with Crippen LogP contribution >= 0.6 is 0 Å². The second-order valence-electron chi connectivity index (χ2n) is 3.36. The quantitative estimate of drug-likeness (QED) is 0.775. The lowest BCUT2D eigenvalue weighted by Crippen LogP contribution is -2.36. The highest BCUT2D eigenvalue weighted by molar-refractivity contribution is 5.83. The molecule has 0 saturated carbocycles. The fraction of sp³-hybridized carbons (Fsp3) is 0.364. The van der Waals surface area contributed by atoms with E-state index in [0.29, 0.717) is 11.5 Å². The Morgan fingerprint density at radius 2 is 2.12 bits per heavy atom.